The van der Waals surface area contributed by atoms with Gasteiger partial charge in [0, 0.05) is 0 Å². The minimum atomic E-state index is -1.30. The normalized spacial score (nSPS) is 14.5. The van der Waals surface area contributed by atoms with Crippen LogP contribution in [-0.4, -0.2) is 9.80 Å². The molecule has 0 atom stereocenters. The van der Waals surface area contributed by atoms with E-state index in [-0.39, 0.29) is 0 Å². The van der Waals surface area contributed by atoms with Gasteiger partial charge in [0.25, 0.3) is 0 Å². The molecule has 0 aromatic carbocycles. The van der Waals surface area contributed by atoms with E-state index >= 15 is 0 Å². The van der Waals surface area contributed by atoms with Crippen LogP contribution in [0.3, 0.4) is 0 Å². The van der Waals surface area contributed by atoms with Crippen molar-refractivity contribution >= 4 is 30.7 Å². The van der Waals surface area contributed by atoms with Crippen LogP contribution in [0, 0.1) is 0 Å². The standard InChI is InChI=1S/CH4BrIO/c1-3(2)4/h4H,1H3/i4D. The van der Waals surface area contributed by atoms with Gasteiger partial charge in [-0.05, 0) is 0 Å². The maximum atomic E-state index is 6.18. The van der Waals surface area contributed by atoms with Crippen LogP contribution in [0.4, 0.5) is 0 Å². The number of hydrogen-bond donors (Lipinski definition) is 1. The third kappa shape index (κ3) is 10.9. The maximum absolute atomic E-state index is 6.18. The molecule has 0 aromatic rings. The third-order valence-electron chi connectivity index (χ3n) is 0. The molecular weight excluding hydrogens is 235 g/mol. The summed E-state index contributed by atoms with van der Waals surface area (Å²) >= 11 is 1.82. The van der Waals surface area contributed by atoms with E-state index in [4.69, 9.17) is 1.43 Å². The van der Waals surface area contributed by atoms with E-state index in [1.54, 1.807) is 0 Å². The van der Waals surface area contributed by atoms with Gasteiger partial charge in [0.05, 0.1) is 0 Å². The number of rotatable bonds is 1. The van der Waals surface area contributed by atoms with Gasteiger partial charge in [0.1, 0.15) is 0 Å². The molecule has 0 aliphatic carbocycles. The van der Waals surface area contributed by atoms with Crippen LogP contribution in [0.15, 0.2) is 0 Å². The topological polar surface area (TPSA) is 20.2 Å². The zero-order chi connectivity index (χ0) is 4.28. The summed E-state index contributed by atoms with van der Waals surface area (Å²) in [6, 6.07) is 0. The molecule has 28 valence electrons. The Morgan fingerprint density at radius 2 is 2.75 bits per heavy atom. The zero-order valence-electron chi connectivity index (χ0n) is 3.16. The molecule has 0 heterocycles. The first-order chi connectivity index (χ1) is 2.27. The second kappa shape index (κ2) is 2.41. The number of halogens is 2. The summed E-state index contributed by atoms with van der Waals surface area (Å²) in [5.41, 5.74) is 0. The Hall–Kier alpha value is 1.17. The molecule has 0 aliphatic heterocycles. The van der Waals surface area contributed by atoms with E-state index in [1.807, 2.05) is 4.93 Å². The molecular formula is CH4BrIO. The van der Waals surface area contributed by atoms with Crippen molar-refractivity contribution in [2.24, 2.45) is 0 Å². The molecule has 4 heavy (non-hydrogen) atoms. The molecule has 0 radical (unpaired) electrons. The van der Waals surface area contributed by atoms with Crippen molar-refractivity contribution in [3.63, 3.8) is 0 Å². The van der Waals surface area contributed by atoms with Gasteiger partial charge in [-0.2, -0.15) is 0 Å². The fourth-order valence-electron chi connectivity index (χ4n) is 0. The van der Waals surface area contributed by atoms with Crippen LogP contribution >= 0.6 is 30.7 Å². The Labute approximate surface area is 40.6 Å². The Morgan fingerprint density at radius 3 is 2.75 bits per heavy atom. The summed E-state index contributed by atoms with van der Waals surface area (Å²) in [4.78, 5) is 1.89. The summed E-state index contributed by atoms with van der Waals surface area (Å²) in [7, 11) is 0. The Kier molecular flexibility index (Phi) is 2.03. The molecule has 0 fully saturated rings. The summed E-state index contributed by atoms with van der Waals surface area (Å²) in [5, 5.41) is 0. The van der Waals surface area contributed by atoms with Gasteiger partial charge >= 0.3 is 40.5 Å². The van der Waals surface area contributed by atoms with Crippen LogP contribution in [-0.2, 0) is 0 Å². The molecule has 0 unspecified atom stereocenters. The van der Waals surface area contributed by atoms with Crippen molar-refractivity contribution in [2.45, 2.75) is 0 Å². The van der Waals surface area contributed by atoms with Crippen LogP contribution in [0.25, 0.3) is 0 Å². The van der Waals surface area contributed by atoms with Gasteiger partial charge in [0.15, 0.2) is 0 Å². The predicted octanol–water partition coefficient (Wildman–Crippen LogP) is 1.34. The van der Waals surface area contributed by atoms with E-state index in [9.17, 15) is 0 Å². The Morgan fingerprint density at radius 1 is 2.50 bits per heavy atom. The molecule has 0 amide bonds. The molecule has 3 heteroatoms. The summed E-state index contributed by atoms with van der Waals surface area (Å²) < 4.78 is 10.3. The molecule has 0 aromatic heterocycles. The minimum absolute atomic E-state index is 1.30. The van der Waals surface area contributed by atoms with Crippen molar-refractivity contribution in [2.75, 3.05) is 4.93 Å². The van der Waals surface area contributed by atoms with Crippen molar-refractivity contribution in [3.05, 3.63) is 0 Å². The van der Waals surface area contributed by atoms with Gasteiger partial charge in [-0.3, -0.25) is 0 Å². The second-order valence-electron chi connectivity index (χ2n) is 0.355. The predicted molar refractivity (Wildman–Crippen MR) is 31.1 cm³/mol. The zero-order valence-corrected chi connectivity index (χ0v) is 5.91. The van der Waals surface area contributed by atoms with Crippen molar-refractivity contribution in [1.29, 1.82) is 1.43 Å². The molecule has 0 bridgehead atoms. The SMILES string of the molecule is [2H]OI(C)Br. The first-order valence-electron chi connectivity index (χ1n) is 1.08. The molecule has 0 saturated carbocycles. The first-order valence-corrected chi connectivity index (χ1v) is 8.55. The van der Waals surface area contributed by atoms with Crippen LogP contribution < -0.4 is 0 Å². The van der Waals surface area contributed by atoms with Crippen molar-refractivity contribution in [1.82, 2.24) is 0 Å². The van der Waals surface area contributed by atoms with E-state index in [2.05, 4.69) is 16.1 Å². The monoisotopic (exact) mass is 239 g/mol. The Balaban J connectivity index is 2.54. The van der Waals surface area contributed by atoms with Gasteiger partial charge in [-0.1, -0.05) is 0 Å². The molecule has 0 spiro atoms. The summed E-state index contributed by atoms with van der Waals surface area (Å²) in [5.74, 6) is 0. The van der Waals surface area contributed by atoms with E-state index in [1.165, 1.54) is 0 Å². The summed E-state index contributed by atoms with van der Waals surface area (Å²) in [6.07, 6.45) is 0. The van der Waals surface area contributed by atoms with E-state index in [0.717, 1.165) is 0 Å². The van der Waals surface area contributed by atoms with Gasteiger partial charge < -0.3 is 0 Å². The van der Waals surface area contributed by atoms with E-state index < -0.39 is 18.0 Å². The van der Waals surface area contributed by atoms with Gasteiger partial charge in [-0.15, -0.1) is 0 Å². The average molecular weight is 240 g/mol. The van der Waals surface area contributed by atoms with Gasteiger partial charge in [-0.25, -0.2) is 0 Å². The first kappa shape index (κ1) is 3.36. The van der Waals surface area contributed by atoms with Crippen LogP contribution in [0.5, 0.6) is 0 Å². The molecule has 0 aliphatic rings. The molecule has 1 N–H and O–H groups in total. The second-order valence-corrected chi connectivity index (χ2v) is 8.05. The fourth-order valence-corrected chi connectivity index (χ4v) is 0. The molecule has 1 nitrogen and oxygen atoms in total. The third-order valence-corrected chi connectivity index (χ3v) is 0. The quantitative estimate of drug-likeness (QED) is 0.541. The number of hydrogen-bond acceptors (Lipinski definition) is 1. The number of alkyl halides is 1. The van der Waals surface area contributed by atoms with Crippen LogP contribution in [0.1, 0.15) is 0 Å². The van der Waals surface area contributed by atoms with Crippen molar-refractivity contribution in [3.8, 4) is 0 Å². The Bertz CT molecular complexity index is 25.6. The van der Waals surface area contributed by atoms with Gasteiger partial charge in [0.2, 0.25) is 0 Å². The van der Waals surface area contributed by atoms with E-state index in [0.29, 0.717) is 0 Å². The average Bonchev–Trinajstić information content (AvgIpc) is 1.38. The molecule has 0 saturated heterocycles. The summed E-state index contributed by atoms with van der Waals surface area (Å²) in [6.45, 7) is 0. The van der Waals surface area contributed by atoms with Crippen molar-refractivity contribution < 1.29 is 3.44 Å². The molecule has 0 rings (SSSR count). The van der Waals surface area contributed by atoms with Crippen LogP contribution in [0.2, 0.25) is 0 Å². The fraction of sp³-hybridized carbons (Fsp3) is 1.00.